The highest BCUT2D eigenvalue weighted by molar-refractivity contribution is 7.80. The Morgan fingerprint density at radius 3 is 2.68 bits per heavy atom. The topological polar surface area (TPSA) is 96.6 Å². The van der Waals surface area contributed by atoms with Gasteiger partial charge in [0.1, 0.15) is 11.9 Å². The van der Waals surface area contributed by atoms with Crippen molar-refractivity contribution in [1.29, 1.82) is 0 Å². The third-order valence-electron chi connectivity index (χ3n) is 2.20. The molecule has 6 nitrogen and oxygen atoms in total. The van der Waals surface area contributed by atoms with Gasteiger partial charge in [0, 0.05) is 6.07 Å². The summed E-state index contributed by atoms with van der Waals surface area (Å²) in [5.74, 6) is 0.103. The summed E-state index contributed by atoms with van der Waals surface area (Å²) < 4.78 is 5.35. The van der Waals surface area contributed by atoms with Crippen LogP contribution in [0.3, 0.4) is 0 Å². The molecule has 1 amide bonds. The van der Waals surface area contributed by atoms with E-state index in [0.717, 1.165) is 0 Å². The monoisotopic (exact) mass is 283 g/mol. The number of hydrogen-bond acceptors (Lipinski definition) is 4. The maximum atomic E-state index is 11.5. The Bertz CT molecular complexity index is 477. The van der Waals surface area contributed by atoms with Gasteiger partial charge in [-0.3, -0.25) is 4.79 Å². The molecule has 1 aromatic rings. The first-order chi connectivity index (χ1) is 8.93. The van der Waals surface area contributed by atoms with Crippen LogP contribution in [0.15, 0.2) is 18.2 Å². The van der Waals surface area contributed by atoms with Gasteiger partial charge in [-0.25, -0.2) is 0 Å². The van der Waals surface area contributed by atoms with Crippen LogP contribution in [0.4, 0.5) is 11.4 Å². The zero-order chi connectivity index (χ0) is 14.4. The standard InChI is InChI=1S/C12H17N3O3S/c1-3-18-8-4-5-9(14-11(17)7(2)16)10(6-8)15-12(13)19/h4-7,16H,3H2,1-2H3,(H,14,17)(H3,13,15,19). The Hall–Kier alpha value is -1.86. The van der Waals surface area contributed by atoms with Crippen molar-refractivity contribution < 1.29 is 14.6 Å². The molecule has 0 heterocycles. The van der Waals surface area contributed by atoms with Gasteiger partial charge in [0.2, 0.25) is 0 Å². The van der Waals surface area contributed by atoms with Crippen molar-refractivity contribution in [3.8, 4) is 5.75 Å². The molecule has 0 radical (unpaired) electrons. The number of carbonyl (C=O) groups is 1. The third-order valence-corrected chi connectivity index (χ3v) is 2.30. The van der Waals surface area contributed by atoms with Gasteiger partial charge >= 0.3 is 0 Å². The van der Waals surface area contributed by atoms with Crippen molar-refractivity contribution in [1.82, 2.24) is 0 Å². The molecule has 0 saturated heterocycles. The van der Waals surface area contributed by atoms with Gasteiger partial charge in [0.05, 0.1) is 18.0 Å². The predicted octanol–water partition coefficient (Wildman–Crippen LogP) is 1.06. The molecule has 0 bridgehead atoms. The fourth-order valence-electron chi connectivity index (χ4n) is 1.36. The van der Waals surface area contributed by atoms with Crippen LogP contribution < -0.4 is 21.1 Å². The molecule has 104 valence electrons. The fraction of sp³-hybridized carbons (Fsp3) is 0.333. The van der Waals surface area contributed by atoms with Crippen molar-refractivity contribution in [2.24, 2.45) is 5.73 Å². The number of nitrogens with one attached hydrogen (secondary N) is 2. The minimum absolute atomic E-state index is 0.0706. The average molecular weight is 283 g/mol. The number of rotatable bonds is 5. The normalized spacial score (nSPS) is 11.5. The largest absolute Gasteiger partial charge is 0.494 e. The molecule has 7 heteroatoms. The van der Waals surface area contributed by atoms with Crippen LogP contribution >= 0.6 is 12.2 Å². The number of thiocarbonyl (C=S) groups is 1. The molecule has 0 aliphatic carbocycles. The first-order valence-corrected chi connectivity index (χ1v) is 6.17. The number of amides is 1. The van der Waals surface area contributed by atoms with E-state index in [1.54, 1.807) is 18.2 Å². The predicted molar refractivity (Wildman–Crippen MR) is 78.3 cm³/mol. The van der Waals surface area contributed by atoms with Crippen molar-refractivity contribution in [3.05, 3.63) is 18.2 Å². The summed E-state index contributed by atoms with van der Waals surface area (Å²) in [5.41, 5.74) is 6.39. The molecular weight excluding hydrogens is 266 g/mol. The number of hydrogen-bond donors (Lipinski definition) is 4. The minimum atomic E-state index is -1.11. The lowest BCUT2D eigenvalue weighted by atomic mass is 10.2. The van der Waals surface area contributed by atoms with Gasteiger partial charge < -0.3 is 26.2 Å². The number of nitrogens with two attached hydrogens (primary N) is 1. The first kappa shape index (κ1) is 15.2. The Morgan fingerprint density at radius 1 is 1.47 bits per heavy atom. The van der Waals surface area contributed by atoms with Crippen LogP contribution in [-0.4, -0.2) is 28.8 Å². The molecule has 5 N–H and O–H groups in total. The van der Waals surface area contributed by atoms with E-state index in [1.807, 2.05) is 6.92 Å². The van der Waals surface area contributed by atoms with E-state index in [-0.39, 0.29) is 5.11 Å². The second-order valence-electron chi connectivity index (χ2n) is 3.79. The van der Waals surface area contributed by atoms with Gasteiger partial charge in [0.15, 0.2) is 5.11 Å². The number of carbonyl (C=O) groups excluding carboxylic acids is 1. The number of benzene rings is 1. The molecule has 0 aliphatic rings. The SMILES string of the molecule is CCOc1ccc(NC(=O)C(C)O)c(NC(N)=S)c1. The van der Waals surface area contributed by atoms with Crippen molar-refractivity contribution >= 4 is 34.6 Å². The quantitative estimate of drug-likeness (QED) is 0.603. The molecule has 0 fully saturated rings. The van der Waals surface area contributed by atoms with Crippen LogP contribution in [-0.2, 0) is 4.79 Å². The van der Waals surface area contributed by atoms with E-state index in [1.165, 1.54) is 6.92 Å². The van der Waals surface area contributed by atoms with Gasteiger partial charge in [-0.05, 0) is 38.2 Å². The maximum absolute atomic E-state index is 11.5. The lowest BCUT2D eigenvalue weighted by Gasteiger charge is -2.14. The lowest BCUT2D eigenvalue weighted by Crippen LogP contribution is -2.26. The summed E-state index contributed by atoms with van der Waals surface area (Å²) in [7, 11) is 0. The van der Waals surface area contributed by atoms with Gasteiger partial charge in [-0.1, -0.05) is 0 Å². The Labute approximate surface area is 116 Å². The molecule has 19 heavy (non-hydrogen) atoms. The average Bonchev–Trinajstić information content (AvgIpc) is 2.31. The van der Waals surface area contributed by atoms with E-state index < -0.39 is 12.0 Å². The second kappa shape index (κ2) is 6.91. The molecule has 1 aromatic carbocycles. The van der Waals surface area contributed by atoms with E-state index in [4.69, 9.17) is 22.7 Å². The van der Waals surface area contributed by atoms with Crippen LogP contribution in [0, 0.1) is 0 Å². The van der Waals surface area contributed by atoms with E-state index >= 15 is 0 Å². The highest BCUT2D eigenvalue weighted by atomic mass is 32.1. The summed E-state index contributed by atoms with van der Waals surface area (Å²) in [6, 6.07) is 5.01. The molecule has 0 saturated carbocycles. The summed E-state index contributed by atoms with van der Waals surface area (Å²) >= 11 is 4.77. The summed E-state index contributed by atoms with van der Waals surface area (Å²) in [6.07, 6.45) is -1.11. The summed E-state index contributed by atoms with van der Waals surface area (Å²) in [5, 5.41) is 14.6. The second-order valence-corrected chi connectivity index (χ2v) is 4.23. The van der Waals surface area contributed by atoms with Crippen LogP contribution in [0.1, 0.15) is 13.8 Å². The molecule has 1 unspecified atom stereocenters. The third kappa shape index (κ3) is 4.72. The highest BCUT2D eigenvalue weighted by Gasteiger charge is 2.12. The number of ether oxygens (including phenoxy) is 1. The molecule has 0 aliphatic heterocycles. The summed E-state index contributed by atoms with van der Waals surface area (Å²) in [6.45, 7) is 3.76. The van der Waals surface area contributed by atoms with Crippen LogP contribution in [0.5, 0.6) is 5.75 Å². The fourth-order valence-corrected chi connectivity index (χ4v) is 1.47. The van der Waals surface area contributed by atoms with E-state index in [2.05, 4.69) is 10.6 Å². The smallest absolute Gasteiger partial charge is 0.252 e. The van der Waals surface area contributed by atoms with Gasteiger partial charge in [-0.15, -0.1) is 0 Å². The Kier molecular flexibility index (Phi) is 5.53. The zero-order valence-electron chi connectivity index (χ0n) is 10.8. The van der Waals surface area contributed by atoms with Gasteiger partial charge in [0.25, 0.3) is 5.91 Å². The van der Waals surface area contributed by atoms with E-state index in [0.29, 0.717) is 23.7 Å². The van der Waals surface area contributed by atoms with Gasteiger partial charge in [-0.2, -0.15) is 0 Å². The van der Waals surface area contributed by atoms with Crippen molar-refractivity contribution in [2.75, 3.05) is 17.2 Å². The Morgan fingerprint density at radius 2 is 2.16 bits per heavy atom. The molecule has 0 spiro atoms. The Balaban J connectivity index is 3.01. The zero-order valence-corrected chi connectivity index (χ0v) is 11.6. The number of aliphatic hydroxyl groups is 1. The number of aliphatic hydroxyl groups excluding tert-OH is 1. The summed E-state index contributed by atoms with van der Waals surface area (Å²) in [4.78, 5) is 11.5. The molecule has 0 aromatic heterocycles. The van der Waals surface area contributed by atoms with Crippen molar-refractivity contribution in [2.45, 2.75) is 20.0 Å². The lowest BCUT2D eigenvalue weighted by molar-refractivity contribution is -0.123. The maximum Gasteiger partial charge on any atom is 0.252 e. The molecular formula is C12H17N3O3S. The van der Waals surface area contributed by atoms with Crippen LogP contribution in [0.25, 0.3) is 0 Å². The molecule has 1 rings (SSSR count). The van der Waals surface area contributed by atoms with E-state index in [9.17, 15) is 9.90 Å². The highest BCUT2D eigenvalue weighted by Crippen LogP contribution is 2.27. The molecule has 1 atom stereocenters. The minimum Gasteiger partial charge on any atom is -0.494 e. The van der Waals surface area contributed by atoms with Crippen molar-refractivity contribution in [3.63, 3.8) is 0 Å². The van der Waals surface area contributed by atoms with Crippen LogP contribution in [0.2, 0.25) is 0 Å². The number of anilines is 2. The first-order valence-electron chi connectivity index (χ1n) is 5.76.